The third-order valence-corrected chi connectivity index (χ3v) is 3.49. The molecule has 0 atom stereocenters. The Hall–Kier alpha value is -2.00. The van der Waals surface area contributed by atoms with Crippen LogP contribution >= 0.6 is 11.6 Å². The van der Waals surface area contributed by atoms with Gasteiger partial charge in [-0.3, -0.25) is 4.79 Å². The Balaban J connectivity index is 2.09. The molecule has 0 aliphatic carbocycles. The summed E-state index contributed by atoms with van der Waals surface area (Å²) in [5.74, 6) is -0.194. The van der Waals surface area contributed by atoms with Crippen molar-refractivity contribution < 1.29 is 4.79 Å². The van der Waals surface area contributed by atoms with Crippen molar-refractivity contribution >= 4 is 23.2 Å². The number of nitrogen functional groups attached to an aromatic ring is 1. The van der Waals surface area contributed by atoms with Gasteiger partial charge >= 0.3 is 0 Å². The lowest BCUT2D eigenvalue weighted by molar-refractivity contribution is 0.0951. The highest BCUT2D eigenvalue weighted by molar-refractivity contribution is 6.34. The van der Waals surface area contributed by atoms with Gasteiger partial charge in [0.05, 0.1) is 10.6 Å². The molecule has 0 aliphatic rings. The molecular weight excluding hydrogens is 272 g/mol. The van der Waals surface area contributed by atoms with E-state index in [1.54, 1.807) is 18.2 Å². The summed E-state index contributed by atoms with van der Waals surface area (Å²) in [6.07, 6.45) is 0.939. The number of carbonyl (C=O) groups is 1. The molecule has 3 nitrogen and oxygen atoms in total. The lowest BCUT2D eigenvalue weighted by Crippen LogP contribution is -2.23. The van der Waals surface area contributed by atoms with E-state index in [2.05, 4.69) is 18.3 Å². The maximum Gasteiger partial charge on any atom is 0.253 e. The van der Waals surface area contributed by atoms with E-state index in [1.165, 1.54) is 5.56 Å². The number of hydrogen-bond donors (Lipinski definition) is 2. The van der Waals surface area contributed by atoms with Gasteiger partial charge in [-0.15, -0.1) is 0 Å². The molecule has 104 valence electrons. The number of nitrogens with one attached hydrogen (secondary N) is 1. The van der Waals surface area contributed by atoms with Gasteiger partial charge in [0.2, 0.25) is 0 Å². The number of benzene rings is 2. The molecule has 0 unspecified atom stereocenters. The minimum atomic E-state index is -0.194. The summed E-state index contributed by atoms with van der Waals surface area (Å²) in [7, 11) is 0. The van der Waals surface area contributed by atoms with Crippen molar-refractivity contribution in [3.63, 3.8) is 0 Å². The van der Waals surface area contributed by atoms with E-state index in [4.69, 9.17) is 17.3 Å². The number of aryl methyl sites for hydroxylation is 1. The fourth-order valence-electron chi connectivity index (χ4n) is 2.06. The molecular formula is C16H17ClN2O. The standard InChI is InChI=1S/C16H17ClN2O/c1-2-11-5-3-4-6-12(11)10-19-16(20)14-8-7-13(18)9-15(14)17/h3-9H,2,10,18H2,1H3,(H,19,20). The van der Waals surface area contributed by atoms with Gasteiger partial charge in [0.1, 0.15) is 0 Å². The molecule has 2 aromatic rings. The second kappa shape index (κ2) is 6.44. The average molecular weight is 289 g/mol. The van der Waals surface area contributed by atoms with Gasteiger partial charge < -0.3 is 11.1 Å². The number of halogens is 1. The molecule has 0 aromatic heterocycles. The van der Waals surface area contributed by atoms with Crippen LogP contribution in [0.4, 0.5) is 5.69 Å². The zero-order valence-electron chi connectivity index (χ0n) is 11.3. The first-order valence-corrected chi connectivity index (χ1v) is 6.89. The van der Waals surface area contributed by atoms with Crippen LogP contribution in [0.2, 0.25) is 5.02 Å². The van der Waals surface area contributed by atoms with E-state index in [0.29, 0.717) is 22.8 Å². The maximum absolute atomic E-state index is 12.1. The van der Waals surface area contributed by atoms with Gasteiger partial charge in [0.25, 0.3) is 5.91 Å². The molecule has 0 fully saturated rings. The smallest absolute Gasteiger partial charge is 0.253 e. The highest BCUT2D eigenvalue weighted by Gasteiger charge is 2.10. The molecule has 4 heteroatoms. The van der Waals surface area contributed by atoms with Gasteiger partial charge in [-0.1, -0.05) is 42.8 Å². The fourth-order valence-corrected chi connectivity index (χ4v) is 2.34. The Morgan fingerprint density at radius 3 is 2.55 bits per heavy atom. The largest absolute Gasteiger partial charge is 0.399 e. The van der Waals surface area contributed by atoms with Gasteiger partial charge in [0, 0.05) is 12.2 Å². The van der Waals surface area contributed by atoms with Crippen LogP contribution in [-0.2, 0) is 13.0 Å². The molecule has 2 rings (SSSR count). The monoisotopic (exact) mass is 288 g/mol. The van der Waals surface area contributed by atoms with Crippen molar-refractivity contribution in [3.05, 3.63) is 64.2 Å². The van der Waals surface area contributed by atoms with E-state index >= 15 is 0 Å². The molecule has 0 saturated carbocycles. The first-order valence-electron chi connectivity index (χ1n) is 6.51. The van der Waals surface area contributed by atoms with E-state index in [9.17, 15) is 4.79 Å². The van der Waals surface area contributed by atoms with Crippen LogP contribution < -0.4 is 11.1 Å². The summed E-state index contributed by atoms with van der Waals surface area (Å²) >= 11 is 6.02. The summed E-state index contributed by atoms with van der Waals surface area (Å²) in [6, 6.07) is 12.9. The third-order valence-electron chi connectivity index (χ3n) is 3.18. The van der Waals surface area contributed by atoms with Gasteiger partial charge in [-0.2, -0.15) is 0 Å². The van der Waals surface area contributed by atoms with Crippen molar-refractivity contribution in [2.45, 2.75) is 19.9 Å². The Kier molecular flexibility index (Phi) is 4.64. The first-order chi connectivity index (χ1) is 9.61. The van der Waals surface area contributed by atoms with E-state index in [1.807, 2.05) is 18.2 Å². The maximum atomic E-state index is 12.1. The minimum Gasteiger partial charge on any atom is -0.399 e. The van der Waals surface area contributed by atoms with E-state index in [-0.39, 0.29) is 5.91 Å². The number of hydrogen-bond acceptors (Lipinski definition) is 2. The number of carbonyl (C=O) groups excluding carboxylic acids is 1. The minimum absolute atomic E-state index is 0.194. The van der Waals surface area contributed by atoms with Crippen molar-refractivity contribution in [3.8, 4) is 0 Å². The summed E-state index contributed by atoms with van der Waals surface area (Å²) < 4.78 is 0. The summed E-state index contributed by atoms with van der Waals surface area (Å²) in [4.78, 5) is 12.1. The molecule has 20 heavy (non-hydrogen) atoms. The topological polar surface area (TPSA) is 55.1 Å². The number of nitrogens with two attached hydrogens (primary N) is 1. The summed E-state index contributed by atoms with van der Waals surface area (Å²) in [5, 5.41) is 3.25. The Morgan fingerprint density at radius 2 is 1.90 bits per heavy atom. The Bertz CT molecular complexity index is 626. The molecule has 0 spiro atoms. The fraction of sp³-hybridized carbons (Fsp3) is 0.188. The molecule has 0 bridgehead atoms. The molecule has 0 aliphatic heterocycles. The molecule has 0 radical (unpaired) electrons. The average Bonchev–Trinajstić information content (AvgIpc) is 2.45. The van der Waals surface area contributed by atoms with Crippen LogP contribution in [0.3, 0.4) is 0 Å². The van der Waals surface area contributed by atoms with E-state index in [0.717, 1.165) is 12.0 Å². The number of rotatable bonds is 4. The van der Waals surface area contributed by atoms with Crippen molar-refractivity contribution in [1.29, 1.82) is 0 Å². The van der Waals surface area contributed by atoms with Crippen molar-refractivity contribution in [2.24, 2.45) is 0 Å². The predicted molar refractivity (Wildman–Crippen MR) is 82.9 cm³/mol. The summed E-state index contributed by atoms with van der Waals surface area (Å²) in [5.41, 5.74) is 8.95. The number of anilines is 1. The zero-order chi connectivity index (χ0) is 14.5. The van der Waals surface area contributed by atoms with Crippen LogP contribution in [0, 0.1) is 0 Å². The Morgan fingerprint density at radius 1 is 1.20 bits per heavy atom. The molecule has 0 saturated heterocycles. The zero-order valence-corrected chi connectivity index (χ0v) is 12.1. The third kappa shape index (κ3) is 3.31. The Labute approximate surface area is 123 Å². The highest BCUT2D eigenvalue weighted by atomic mass is 35.5. The van der Waals surface area contributed by atoms with Crippen molar-refractivity contribution in [1.82, 2.24) is 5.32 Å². The van der Waals surface area contributed by atoms with Crippen LogP contribution in [0.15, 0.2) is 42.5 Å². The molecule has 3 N–H and O–H groups in total. The lowest BCUT2D eigenvalue weighted by Gasteiger charge is -2.10. The molecule has 1 amide bonds. The second-order valence-electron chi connectivity index (χ2n) is 4.54. The lowest BCUT2D eigenvalue weighted by atomic mass is 10.1. The van der Waals surface area contributed by atoms with E-state index < -0.39 is 0 Å². The van der Waals surface area contributed by atoms with Crippen LogP contribution in [0.5, 0.6) is 0 Å². The quantitative estimate of drug-likeness (QED) is 0.847. The van der Waals surface area contributed by atoms with Gasteiger partial charge in [-0.05, 0) is 35.7 Å². The molecule has 2 aromatic carbocycles. The number of amides is 1. The van der Waals surface area contributed by atoms with Crippen LogP contribution in [-0.4, -0.2) is 5.91 Å². The normalized spacial score (nSPS) is 10.3. The van der Waals surface area contributed by atoms with Gasteiger partial charge in [0.15, 0.2) is 0 Å². The van der Waals surface area contributed by atoms with Crippen molar-refractivity contribution in [2.75, 3.05) is 5.73 Å². The van der Waals surface area contributed by atoms with Crippen LogP contribution in [0.1, 0.15) is 28.4 Å². The SMILES string of the molecule is CCc1ccccc1CNC(=O)c1ccc(N)cc1Cl. The second-order valence-corrected chi connectivity index (χ2v) is 4.95. The van der Waals surface area contributed by atoms with Crippen LogP contribution in [0.25, 0.3) is 0 Å². The molecule has 0 heterocycles. The predicted octanol–water partition coefficient (Wildman–Crippen LogP) is 3.41. The summed E-state index contributed by atoms with van der Waals surface area (Å²) in [6.45, 7) is 2.58. The highest BCUT2D eigenvalue weighted by Crippen LogP contribution is 2.19. The first kappa shape index (κ1) is 14.4. The van der Waals surface area contributed by atoms with Gasteiger partial charge in [-0.25, -0.2) is 0 Å².